The number of phenolic OH excluding ortho intramolecular Hbond substituents is 3. The van der Waals surface area contributed by atoms with E-state index in [9.17, 15) is 78.1 Å². The van der Waals surface area contributed by atoms with E-state index in [-0.39, 0.29) is 53.8 Å². The van der Waals surface area contributed by atoms with Crippen molar-refractivity contribution >= 4 is 207 Å². The Labute approximate surface area is 736 Å². The number of ether oxygens (including phenoxy) is 1. The van der Waals surface area contributed by atoms with Gasteiger partial charge >= 0.3 is 24.2 Å². The largest absolute Gasteiger partial charge is 0.507 e. The molecule has 622 valence electrons. The number of hydrazone groups is 3. The molecule has 0 atom stereocenters. The van der Waals surface area contributed by atoms with Crippen molar-refractivity contribution in [3.05, 3.63) is 300 Å². The number of nitro benzene ring substituents is 1. The van der Waals surface area contributed by atoms with E-state index in [1.807, 2.05) is 66.1 Å². The summed E-state index contributed by atoms with van der Waals surface area (Å²) in [5, 5.41) is 55.2. The molecule has 0 aliphatic heterocycles. The number of nitrogens with one attached hydrogen (secondary N) is 3. The Morgan fingerprint density at radius 1 is 0.568 bits per heavy atom. The molecule has 40 heteroatoms. The molecule has 11 rings (SSSR count). The number of benzene rings is 8. The molecule has 3 aromatic heterocycles. The van der Waals surface area contributed by atoms with Crippen LogP contribution >= 0.6 is 142 Å². The first-order valence-corrected chi connectivity index (χ1v) is 38.9. The molecular formula is C78H60Br6Cl4F12N12O6. The van der Waals surface area contributed by atoms with Crippen LogP contribution < -0.4 is 21.0 Å². The Morgan fingerprint density at radius 3 is 1.81 bits per heavy atom. The summed E-state index contributed by atoms with van der Waals surface area (Å²) in [5.41, 5.74) is 6.84. The van der Waals surface area contributed by atoms with Crippen LogP contribution in [0.25, 0.3) is 10.8 Å². The zero-order valence-electron chi connectivity index (χ0n) is 60.2. The highest BCUT2D eigenvalue weighted by atomic mass is 79.9. The lowest BCUT2D eigenvalue weighted by molar-refractivity contribution is -0.385. The molecule has 0 unspecified atom stereocenters. The van der Waals surface area contributed by atoms with Gasteiger partial charge in [0.15, 0.2) is 17.5 Å². The summed E-state index contributed by atoms with van der Waals surface area (Å²) >= 11 is 43.9. The molecule has 11 aromatic rings. The van der Waals surface area contributed by atoms with Crippen LogP contribution in [-0.2, 0) is 37.0 Å². The maximum Gasteiger partial charge on any atom is 0.422 e. The van der Waals surface area contributed by atoms with Gasteiger partial charge in [0.2, 0.25) is 5.75 Å². The standard InChI is InChI=1S/C17H13N3O4.C16H10Br2F6N2O.C16H17BrClN3.C15H10Br2F3NO.C13H6BrCl3F3N3.CH4/c21-16-6-5-15(20(23)24)17(22)13(16)9-18-10-14-12-4-2-1-3-11(12)7-8-19-14;1-6-11(19)10(16(22,23)24)12(20)13(21)14(6)26-25-5-7-3-8(17)4-9(18)15(7)27-2;1-16(2,3)12-8-14(18)15(9-13(12)17)21-20-10-11-6-4-5-7-19-11;16-12-5-10(14(22)13(17)6-12)8-21-7-9-1-3-11(4-2-9)15(18,19)20;14-9-3-8(15)1-6(11(9)17)4-22-23-12-10(16)2-7(5-21-12)13(18,19)20;/h1-9,21-22H,10H2;3-5,26H,1-2H3;4-10,21H,1-3H3;1-6,8,22H,7H2;1-5H,(H,21,23);1H4/b;25-5+;20-10+;;22-4+;. The molecule has 6 N–H and O–H groups in total. The van der Waals surface area contributed by atoms with E-state index in [2.05, 4.69) is 167 Å². The summed E-state index contributed by atoms with van der Waals surface area (Å²) in [7, 11) is 1.39. The summed E-state index contributed by atoms with van der Waals surface area (Å²) in [5.74, 6) is -6.64. The third kappa shape index (κ3) is 27.8. The maximum atomic E-state index is 14.0. The number of fused-ring (bicyclic) bond motifs is 1. The van der Waals surface area contributed by atoms with E-state index in [0.717, 1.165) is 85.8 Å². The van der Waals surface area contributed by atoms with Crippen LogP contribution in [0, 0.1) is 34.5 Å². The summed E-state index contributed by atoms with van der Waals surface area (Å²) < 4.78 is 164. The van der Waals surface area contributed by atoms with Gasteiger partial charge in [-0.3, -0.25) is 46.3 Å². The Morgan fingerprint density at radius 2 is 1.19 bits per heavy atom. The maximum absolute atomic E-state index is 14.0. The van der Waals surface area contributed by atoms with Crippen molar-refractivity contribution in [3.63, 3.8) is 0 Å². The molecule has 0 bridgehead atoms. The number of nitrogens with zero attached hydrogens (tertiary/aromatic N) is 9. The predicted octanol–water partition coefficient (Wildman–Crippen LogP) is 27.3. The highest BCUT2D eigenvalue weighted by Gasteiger charge is 2.41. The number of nitro groups is 1. The SMILES string of the molecule is C.CC(C)(C)c1cc(Cl)c(N/N=C/c2ccccn2)cc1Br.COc1c(Br)cc(Br)cc1/C=N/Nc1c(C)c(F)c(C(F)(F)F)c(F)c1F.FC(F)(F)c1cnc(N/N=C/c2cc(Cl)cc(Br)c2Cl)c(Cl)c1.O=[N+]([O-])c1ccc(O)c(C=NCc2nccc3ccccc23)c1O.Oc1c(Br)cc(Br)cc1C=NCc1ccc(C(F)(F)F)cc1. The van der Waals surface area contributed by atoms with E-state index in [1.165, 1.54) is 37.9 Å². The van der Waals surface area contributed by atoms with Crippen LogP contribution in [0.15, 0.2) is 210 Å². The molecule has 0 spiro atoms. The van der Waals surface area contributed by atoms with Gasteiger partial charge in [-0.2, -0.15) is 54.8 Å². The molecule has 0 aliphatic rings. The minimum Gasteiger partial charge on any atom is -0.507 e. The van der Waals surface area contributed by atoms with Gasteiger partial charge in [0.25, 0.3) is 0 Å². The number of aliphatic imine (C=N–C) groups is 2. The number of phenols is 3. The van der Waals surface area contributed by atoms with Crippen LogP contribution in [-0.4, -0.2) is 73.4 Å². The van der Waals surface area contributed by atoms with Gasteiger partial charge in [-0.1, -0.05) is 165 Å². The van der Waals surface area contributed by atoms with Gasteiger partial charge in [-0.05, 0) is 168 Å². The van der Waals surface area contributed by atoms with Crippen molar-refractivity contribution in [3.8, 4) is 23.0 Å². The van der Waals surface area contributed by atoms with Crippen molar-refractivity contribution in [1.29, 1.82) is 0 Å². The number of alkyl halides is 9. The molecule has 0 saturated carbocycles. The number of pyridine rings is 3. The first-order chi connectivity index (χ1) is 54.9. The number of aromatic hydroxyl groups is 3. The fraction of sp³-hybridized carbons (Fsp3) is 0.154. The Bertz CT molecular complexity index is 5530. The monoisotopic (exact) mass is 2100 g/mol. The lowest BCUT2D eigenvalue weighted by atomic mass is 9.87. The van der Waals surface area contributed by atoms with Gasteiger partial charge in [0, 0.05) is 87.6 Å². The molecule has 0 radical (unpaired) electrons. The minimum atomic E-state index is -5.38. The van der Waals surface area contributed by atoms with Gasteiger partial charge in [0.1, 0.15) is 34.3 Å². The average molecular weight is 2110 g/mol. The van der Waals surface area contributed by atoms with Crippen molar-refractivity contribution in [2.75, 3.05) is 23.4 Å². The smallest absolute Gasteiger partial charge is 0.422 e. The first kappa shape index (κ1) is 97.8. The molecule has 0 saturated heterocycles. The molecule has 0 amide bonds. The topological polar surface area (TPSA) is 250 Å². The number of aromatic nitrogens is 3. The van der Waals surface area contributed by atoms with Crippen LogP contribution in [0.2, 0.25) is 20.1 Å². The van der Waals surface area contributed by atoms with Crippen LogP contribution in [0.5, 0.6) is 23.0 Å². The first-order valence-electron chi connectivity index (χ1n) is 32.7. The number of rotatable bonds is 17. The van der Waals surface area contributed by atoms with Crippen LogP contribution in [0.1, 0.15) is 95.2 Å². The summed E-state index contributed by atoms with van der Waals surface area (Å²) in [6, 6.07) is 36.8. The van der Waals surface area contributed by atoms with Crippen molar-refractivity contribution < 1.29 is 77.7 Å². The number of halogens is 22. The molecule has 8 aromatic carbocycles. The summed E-state index contributed by atoms with van der Waals surface area (Å²) in [6.45, 7) is 7.76. The van der Waals surface area contributed by atoms with E-state index in [4.69, 9.17) is 51.1 Å². The highest BCUT2D eigenvalue weighted by Crippen LogP contribution is 2.42. The molecular weight excluding hydrogens is 2050 g/mol. The minimum absolute atomic E-state index is 0. The summed E-state index contributed by atoms with van der Waals surface area (Å²) in [6.07, 6.45) is -3.33. The predicted molar refractivity (Wildman–Crippen MR) is 461 cm³/mol. The quantitative estimate of drug-likeness (QED) is 0.0164. The highest BCUT2D eigenvalue weighted by molar-refractivity contribution is 9.11. The van der Waals surface area contributed by atoms with Gasteiger partial charge < -0.3 is 20.1 Å². The second kappa shape index (κ2) is 43.8. The Balaban J connectivity index is 0.000000229. The van der Waals surface area contributed by atoms with Gasteiger partial charge in [-0.25, -0.2) is 18.2 Å². The third-order valence-corrected chi connectivity index (χ3v) is 20.2. The van der Waals surface area contributed by atoms with Crippen molar-refractivity contribution in [2.24, 2.45) is 25.3 Å². The lowest BCUT2D eigenvalue weighted by Crippen LogP contribution is -2.16. The summed E-state index contributed by atoms with van der Waals surface area (Å²) in [4.78, 5) is 30.4. The Kier molecular flexibility index (Phi) is 36.3. The zero-order valence-corrected chi connectivity index (χ0v) is 72.8. The normalized spacial score (nSPS) is 11.7. The Hall–Kier alpha value is -8.98. The van der Waals surface area contributed by atoms with Gasteiger partial charge in [-0.15, -0.1) is 0 Å². The zero-order chi connectivity index (χ0) is 86.6. The van der Waals surface area contributed by atoms with E-state index < -0.39 is 80.3 Å². The molecule has 18 nitrogen and oxygen atoms in total. The number of methoxy groups -OCH3 is 1. The molecule has 0 fully saturated rings. The van der Waals surface area contributed by atoms with Crippen LogP contribution in [0.4, 0.5) is 75.6 Å². The fourth-order valence-electron chi connectivity index (χ4n) is 9.68. The fourth-order valence-corrected chi connectivity index (χ4v) is 14.7. The molecule has 0 aliphatic carbocycles. The number of hydrogen-bond donors (Lipinski definition) is 6. The lowest BCUT2D eigenvalue weighted by Gasteiger charge is -2.22. The molecule has 3 heterocycles. The van der Waals surface area contributed by atoms with Crippen LogP contribution in [0.3, 0.4) is 0 Å². The number of hydrogen-bond acceptors (Lipinski definition) is 17. The van der Waals surface area contributed by atoms with E-state index >= 15 is 0 Å². The van der Waals surface area contributed by atoms with Crippen molar-refractivity contribution in [2.45, 2.75) is 72.2 Å². The van der Waals surface area contributed by atoms with Crippen molar-refractivity contribution in [1.82, 2.24) is 15.0 Å². The van der Waals surface area contributed by atoms with E-state index in [0.29, 0.717) is 67.2 Å². The third-order valence-electron chi connectivity index (χ3n) is 15.4. The van der Waals surface area contributed by atoms with Gasteiger partial charge in [0.05, 0.1) is 102 Å². The molecule has 118 heavy (non-hydrogen) atoms. The second-order valence-corrected chi connectivity index (χ2v) is 31.5. The number of anilines is 3. The van der Waals surface area contributed by atoms with E-state index in [1.54, 1.807) is 55.0 Å². The average Bonchev–Trinajstić information content (AvgIpc) is 0.768. The second-order valence-electron chi connectivity index (χ2n) is 24.7.